The van der Waals surface area contributed by atoms with E-state index in [1.807, 2.05) is 0 Å². The highest BCUT2D eigenvalue weighted by Gasteiger charge is 2.00. The first kappa shape index (κ1) is 11.8. The van der Waals surface area contributed by atoms with Crippen LogP contribution in [0.5, 0.6) is 0 Å². The van der Waals surface area contributed by atoms with Crippen molar-refractivity contribution in [3.8, 4) is 0 Å². The van der Waals surface area contributed by atoms with Crippen LogP contribution in [0.25, 0.3) is 0 Å². The van der Waals surface area contributed by atoms with Crippen molar-refractivity contribution in [2.75, 3.05) is 12.7 Å². The summed E-state index contributed by atoms with van der Waals surface area (Å²) in [4.78, 5) is 0. The molecule has 0 N–H and O–H groups in total. The molecule has 0 amide bonds. The first-order chi connectivity index (χ1) is 6.75. The molecule has 2 radical (unpaired) electrons. The third-order valence-corrected chi connectivity index (χ3v) is 3.77. The van der Waals surface area contributed by atoms with E-state index in [4.69, 9.17) is 16.3 Å². The average Bonchev–Trinajstić information content (AvgIpc) is 2.19. The maximum absolute atomic E-state index is 5.42. The molecule has 1 rings (SSSR count). The van der Waals surface area contributed by atoms with Crippen molar-refractivity contribution in [3.63, 3.8) is 0 Å². The van der Waals surface area contributed by atoms with Gasteiger partial charge in [0, 0.05) is 6.61 Å². The molecule has 0 unspecified atom stereocenters. The monoisotopic (exact) mass is 226 g/mol. The van der Waals surface area contributed by atoms with Gasteiger partial charge in [-0.1, -0.05) is 35.0 Å². The van der Waals surface area contributed by atoms with Crippen molar-refractivity contribution in [1.29, 1.82) is 0 Å². The maximum Gasteiger partial charge on any atom is 0.120 e. The van der Waals surface area contributed by atoms with E-state index in [-0.39, 0.29) is 0 Å². The van der Waals surface area contributed by atoms with Crippen molar-refractivity contribution in [3.05, 3.63) is 29.3 Å². The molecule has 1 aromatic carbocycles. The Labute approximate surface area is 93.2 Å². The van der Waals surface area contributed by atoms with Crippen LogP contribution < -0.4 is 5.19 Å². The van der Waals surface area contributed by atoms with Crippen LogP contribution in [-0.2, 0) is 4.74 Å². The standard InChI is InChI=1S/C11H15ClOSi/c1-9-4-3-5-11(10(9)2)14-7-6-13-8-12/h3-5H,6-8H2,1-2H3. The lowest BCUT2D eigenvalue weighted by Crippen LogP contribution is -2.19. The van der Waals surface area contributed by atoms with Crippen molar-refractivity contribution in [2.45, 2.75) is 19.9 Å². The van der Waals surface area contributed by atoms with E-state index in [2.05, 4.69) is 32.0 Å². The molecule has 0 spiro atoms. The van der Waals surface area contributed by atoms with Gasteiger partial charge in [-0.05, 0) is 31.0 Å². The van der Waals surface area contributed by atoms with Gasteiger partial charge >= 0.3 is 0 Å². The van der Waals surface area contributed by atoms with Gasteiger partial charge in [0.05, 0.1) is 9.52 Å². The van der Waals surface area contributed by atoms with Gasteiger partial charge in [0.1, 0.15) is 6.07 Å². The summed E-state index contributed by atoms with van der Waals surface area (Å²) in [5, 5.41) is 1.45. The van der Waals surface area contributed by atoms with Crippen LogP contribution in [0.3, 0.4) is 0 Å². The topological polar surface area (TPSA) is 9.23 Å². The van der Waals surface area contributed by atoms with E-state index < -0.39 is 0 Å². The molecule has 1 aromatic rings. The van der Waals surface area contributed by atoms with Gasteiger partial charge in [0.25, 0.3) is 0 Å². The lowest BCUT2D eigenvalue weighted by molar-refractivity contribution is 0.195. The minimum absolute atomic E-state index is 0.303. The molecule has 3 heteroatoms. The molecule has 0 atom stereocenters. The predicted octanol–water partition coefficient (Wildman–Crippen LogP) is 2.26. The molecular formula is C11H15ClOSi. The van der Waals surface area contributed by atoms with Crippen LogP contribution in [-0.4, -0.2) is 22.2 Å². The highest BCUT2D eigenvalue weighted by Crippen LogP contribution is 2.02. The average molecular weight is 227 g/mol. The van der Waals surface area contributed by atoms with Crippen LogP contribution in [0, 0.1) is 13.8 Å². The SMILES string of the molecule is Cc1cccc([Si]CCOCCl)c1C. The Morgan fingerprint density at radius 3 is 2.86 bits per heavy atom. The van der Waals surface area contributed by atoms with Gasteiger partial charge in [-0.15, -0.1) is 0 Å². The Morgan fingerprint density at radius 2 is 2.14 bits per heavy atom. The molecule has 14 heavy (non-hydrogen) atoms. The fourth-order valence-corrected chi connectivity index (χ4v) is 2.56. The number of alkyl halides is 1. The lowest BCUT2D eigenvalue weighted by Gasteiger charge is -2.07. The summed E-state index contributed by atoms with van der Waals surface area (Å²) < 4.78 is 5.10. The van der Waals surface area contributed by atoms with E-state index in [9.17, 15) is 0 Å². The fourth-order valence-electron chi connectivity index (χ4n) is 1.26. The van der Waals surface area contributed by atoms with Gasteiger partial charge in [0.2, 0.25) is 0 Å². The second-order valence-electron chi connectivity index (χ2n) is 3.19. The Morgan fingerprint density at radius 1 is 1.36 bits per heavy atom. The minimum atomic E-state index is 0.303. The number of ether oxygens (including phenoxy) is 1. The molecule has 0 aliphatic rings. The summed E-state index contributed by atoms with van der Waals surface area (Å²) in [5.74, 6) is 0. The lowest BCUT2D eigenvalue weighted by atomic mass is 10.1. The number of benzene rings is 1. The van der Waals surface area contributed by atoms with E-state index in [0.29, 0.717) is 6.07 Å². The summed E-state index contributed by atoms with van der Waals surface area (Å²) >= 11 is 5.42. The smallest absolute Gasteiger partial charge is 0.120 e. The van der Waals surface area contributed by atoms with Crippen LogP contribution >= 0.6 is 11.6 Å². The number of hydrogen-bond donors (Lipinski definition) is 0. The normalized spacial score (nSPS) is 10.5. The molecule has 0 bridgehead atoms. The highest BCUT2D eigenvalue weighted by molar-refractivity contribution is 6.54. The van der Waals surface area contributed by atoms with Gasteiger partial charge in [-0.25, -0.2) is 0 Å². The largest absolute Gasteiger partial charge is 0.366 e. The van der Waals surface area contributed by atoms with Crippen LogP contribution in [0.4, 0.5) is 0 Å². The first-order valence-electron chi connectivity index (χ1n) is 4.69. The molecule has 0 heterocycles. The van der Waals surface area contributed by atoms with Crippen LogP contribution in [0.1, 0.15) is 11.1 Å². The molecule has 0 fully saturated rings. The Bertz CT molecular complexity index is 289. The third-order valence-electron chi connectivity index (χ3n) is 2.24. The first-order valence-corrected chi connectivity index (χ1v) is 6.43. The van der Waals surface area contributed by atoms with Gasteiger partial charge in [-0.2, -0.15) is 0 Å². The van der Waals surface area contributed by atoms with Gasteiger partial charge < -0.3 is 4.74 Å². The highest BCUT2D eigenvalue weighted by atomic mass is 35.5. The number of halogens is 1. The summed E-state index contributed by atoms with van der Waals surface area (Å²) in [7, 11) is 0.826. The predicted molar refractivity (Wildman–Crippen MR) is 62.8 cm³/mol. The van der Waals surface area contributed by atoms with Crippen molar-refractivity contribution in [2.24, 2.45) is 0 Å². The van der Waals surface area contributed by atoms with Crippen molar-refractivity contribution >= 4 is 26.3 Å². The fraction of sp³-hybridized carbons (Fsp3) is 0.455. The zero-order valence-electron chi connectivity index (χ0n) is 8.64. The van der Waals surface area contributed by atoms with Gasteiger partial charge in [-0.3, -0.25) is 0 Å². The second-order valence-corrected chi connectivity index (χ2v) is 4.80. The van der Waals surface area contributed by atoms with E-state index in [1.54, 1.807) is 0 Å². The van der Waals surface area contributed by atoms with E-state index in [0.717, 1.165) is 22.2 Å². The quantitative estimate of drug-likeness (QED) is 0.425. The molecule has 0 aromatic heterocycles. The molecule has 0 aliphatic carbocycles. The molecule has 0 saturated heterocycles. The van der Waals surface area contributed by atoms with E-state index in [1.165, 1.54) is 16.3 Å². The van der Waals surface area contributed by atoms with Crippen molar-refractivity contribution in [1.82, 2.24) is 0 Å². The minimum Gasteiger partial charge on any atom is -0.366 e. The summed E-state index contributed by atoms with van der Waals surface area (Å²) in [6.45, 7) is 5.09. The summed E-state index contributed by atoms with van der Waals surface area (Å²) in [6.07, 6.45) is 0. The molecule has 0 saturated carbocycles. The van der Waals surface area contributed by atoms with Gasteiger partial charge in [0.15, 0.2) is 0 Å². The third kappa shape index (κ3) is 3.44. The zero-order chi connectivity index (χ0) is 10.4. The summed E-state index contributed by atoms with van der Waals surface area (Å²) in [6, 6.07) is 7.83. The maximum atomic E-state index is 5.42. The summed E-state index contributed by atoms with van der Waals surface area (Å²) in [5.41, 5.74) is 2.78. The number of aryl methyl sites for hydroxylation is 1. The zero-order valence-corrected chi connectivity index (χ0v) is 10.4. The van der Waals surface area contributed by atoms with Crippen LogP contribution in [0.15, 0.2) is 18.2 Å². The Balaban J connectivity index is 2.46. The molecule has 76 valence electrons. The van der Waals surface area contributed by atoms with Crippen molar-refractivity contribution < 1.29 is 4.74 Å². The Hall–Kier alpha value is -0.313. The Kier molecular flexibility index (Phi) is 5.23. The van der Waals surface area contributed by atoms with E-state index >= 15 is 0 Å². The molecular weight excluding hydrogens is 212 g/mol. The molecule has 0 aliphatic heterocycles. The second kappa shape index (κ2) is 6.22. The number of rotatable bonds is 5. The van der Waals surface area contributed by atoms with Crippen LogP contribution in [0.2, 0.25) is 6.04 Å². The molecule has 1 nitrogen and oxygen atoms in total. The number of hydrogen-bond acceptors (Lipinski definition) is 1.